The van der Waals surface area contributed by atoms with Crippen LogP contribution in [0.3, 0.4) is 0 Å². The third-order valence-corrected chi connectivity index (χ3v) is 2.47. The number of aromatic nitrogens is 1. The van der Waals surface area contributed by atoms with Gasteiger partial charge in [0.25, 0.3) is 0 Å². The lowest BCUT2D eigenvalue weighted by molar-refractivity contribution is 0.777. The number of rotatable bonds is 0. The van der Waals surface area contributed by atoms with Crippen molar-refractivity contribution in [2.75, 3.05) is 5.32 Å². The Morgan fingerprint density at radius 3 is 3.00 bits per heavy atom. The van der Waals surface area contributed by atoms with Crippen molar-refractivity contribution in [3.8, 4) is 11.3 Å². The molecule has 2 aromatic rings. The summed E-state index contributed by atoms with van der Waals surface area (Å²) < 4.78 is 2.21. The molecule has 2 heteroatoms. The van der Waals surface area contributed by atoms with Gasteiger partial charge in [-0.1, -0.05) is 18.2 Å². The summed E-state index contributed by atoms with van der Waals surface area (Å²) in [6.07, 6.45) is 2.10. The van der Waals surface area contributed by atoms with Crippen LogP contribution < -0.4 is 5.32 Å². The molecule has 1 aliphatic heterocycles. The van der Waals surface area contributed by atoms with Crippen molar-refractivity contribution in [1.82, 2.24) is 4.57 Å². The standard InChI is InChI=1S/C11H10N2/c1-2-5-10-9(4-1)11-6-3-7-13(11)8-12-10/h1-7,12H,8H2. The van der Waals surface area contributed by atoms with Crippen molar-refractivity contribution in [3.05, 3.63) is 42.6 Å². The molecule has 2 nitrogen and oxygen atoms in total. The fourth-order valence-corrected chi connectivity index (χ4v) is 1.83. The van der Waals surface area contributed by atoms with Gasteiger partial charge < -0.3 is 9.88 Å². The molecular weight excluding hydrogens is 160 g/mol. The highest BCUT2D eigenvalue weighted by Crippen LogP contribution is 2.31. The largest absolute Gasteiger partial charge is 0.367 e. The lowest BCUT2D eigenvalue weighted by Gasteiger charge is -2.20. The summed E-state index contributed by atoms with van der Waals surface area (Å²) in [5, 5.41) is 3.37. The Balaban J connectivity index is 2.30. The molecule has 1 aliphatic rings. The van der Waals surface area contributed by atoms with Crippen LogP contribution in [0, 0.1) is 0 Å². The Kier molecular flexibility index (Phi) is 1.25. The van der Waals surface area contributed by atoms with E-state index in [1.54, 1.807) is 0 Å². The van der Waals surface area contributed by atoms with Crippen molar-refractivity contribution in [1.29, 1.82) is 0 Å². The minimum Gasteiger partial charge on any atom is -0.367 e. The van der Waals surface area contributed by atoms with Crippen LogP contribution in [0.4, 0.5) is 5.69 Å². The number of para-hydroxylation sites is 1. The van der Waals surface area contributed by atoms with Gasteiger partial charge in [-0.05, 0) is 18.2 Å². The number of fused-ring (bicyclic) bond motifs is 3. The van der Waals surface area contributed by atoms with Crippen LogP contribution in [0.2, 0.25) is 0 Å². The lowest BCUT2D eigenvalue weighted by atomic mass is 10.1. The first-order chi connectivity index (χ1) is 6.45. The van der Waals surface area contributed by atoms with E-state index in [4.69, 9.17) is 0 Å². The van der Waals surface area contributed by atoms with Crippen molar-refractivity contribution in [3.63, 3.8) is 0 Å². The second-order valence-corrected chi connectivity index (χ2v) is 3.24. The average Bonchev–Trinajstić information content (AvgIpc) is 2.65. The zero-order valence-corrected chi connectivity index (χ0v) is 7.20. The van der Waals surface area contributed by atoms with E-state index in [2.05, 4.69) is 52.5 Å². The van der Waals surface area contributed by atoms with Crippen molar-refractivity contribution >= 4 is 5.69 Å². The van der Waals surface area contributed by atoms with E-state index in [1.165, 1.54) is 16.9 Å². The zero-order valence-electron chi connectivity index (χ0n) is 7.20. The van der Waals surface area contributed by atoms with Gasteiger partial charge in [0, 0.05) is 17.4 Å². The van der Waals surface area contributed by atoms with E-state index >= 15 is 0 Å². The van der Waals surface area contributed by atoms with Gasteiger partial charge in [0.2, 0.25) is 0 Å². The molecular formula is C11H10N2. The van der Waals surface area contributed by atoms with Gasteiger partial charge in [-0.15, -0.1) is 0 Å². The predicted octanol–water partition coefficient (Wildman–Crippen LogP) is 2.54. The van der Waals surface area contributed by atoms with Crippen LogP contribution in [0.5, 0.6) is 0 Å². The van der Waals surface area contributed by atoms with E-state index in [-0.39, 0.29) is 0 Å². The summed E-state index contributed by atoms with van der Waals surface area (Å²) in [6.45, 7) is 0.874. The normalized spacial score (nSPS) is 12.9. The van der Waals surface area contributed by atoms with Crippen LogP contribution in [0.25, 0.3) is 11.3 Å². The monoisotopic (exact) mass is 170 g/mol. The maximum atomic E-state index is 3.37. The maximum absolute atomic E-state index is 3.37. The first kappa shape index (κ1) is 6.78. The molecule has 0 bridgehead atoms. The lowest BCUT2D eigenvalue weighted by Crippen LogP contribution is -2.13. The van der Waals surface area contributed by atoms with E-state index in [1.807, 2.05) is 0 Å². The Morgan fingerprint density at radius 2 is 2.00 bits per heavy atom. The molecule has 0 atom stereocenters. The number of nitrogens with zero attached hydrogens (tertiary/aromatic N) is 1. The van der Waals surface area contributed by atoms with Crippen LogP contribution in [-0.2, 0) is 6.67 Å². The quantitative estimate of drug-likeness (QED) is 0.643. The molecule has 0 unspecified atom stereocenters. The van der Waals surface area contributed by atoms with Gasteiger partial charge in [0.15, 0.2) is 0 Å². The number of hydrogen-bond acceptors (Lipinski definition) is 1. The third-order valence-electron chi connectivity index (χ3n) is 2.47. The van der Waals surface area contributed by atoms with Crippen molar-refractivity contribution < 1.29 is 0 Å². The maximum Gasteiger partial charge on any atom is 0.0920 e. The number of benzene rings is 1. The van der Waals surface area contributed by atoms with Crippen LogP contribution >= 0.6 is 0 Å². The molecule has 3 rings (SSSR count). The molecule has 0 aliphatic carbocycles. The van der Waals surface area contributed by atoms with Gasteiger partial charge >= 0.3 is 0 Å². The molecule has 2 heterocycles. The minimum absolute atomic E-state index is 0.874. The molecule has 0 fully saturated rings. The van der Waals surface area contributed by atoms with Crippen molar-refractivity contribution in [2.24, 2.45) is 0 Å². The highest BCUT2D eigenvalue weighted by molar-refractivity contribution is 5.77. The number of anilines is 1. The van der Waals surface area contributed by atoms with Gasteiger partial charge in [-0.25, -0.2) is 0 Å². The van der Waals surface area contributed by atoms with Gasteiger partial charge in [0.1, 0.15) is 0 Å². The van der Waals surface area contributed by atoms with E-state index in [9.17, 15) is 0 Å². The van der Waals surface area contributed by atoms with Gasteiger partial charge in [-0.3, -0.25) is 0 Å². The fourth-order valence-electron chi connectivity index (χ4n) is 1.83. The van der Waals surface area contributed by atoms with Gasteiger partial charge in [0.05, 0.1) is 12.4 Å². The summed E-state index contributed by atoms with van der Waals surface area (Å²) in [7, 11) is 0. The fraction of sp³-hybridized carbons (Fsp3) is 0.0909. The Labute approximate surface area is 76.8 Å². The van der Waals surface area contributed by atoms with E-state index in [0.717, 1.165) is 6.67 Å². The van der Waals surface area contributed by atoms with Crippen LogP contribution in [-0.4, -0.2) is 4.57 Å². The minimum atomic E-state index is 0.874. The van der Waals surface area contributed by atoms with Gasteiger partial charge in [-0.2, -0.15) is 0 Å². The Hall–Kier alpha value is -1.70. The molecule has 1 aromatic heterocycles. The highest BCUT2D eigenvalue weighted by atomic mass is 15.1. The highest BCUT2D eigenvalue weighted by Gasteiger charge is 2.12. The molecule has 0 spiro atoms. The third kappa shape index (κ3) is 0.886. The first-order valence-corrected chi connectivity index (χ1v) is 4.43. The number of nitrogens with one attached hydrogen (secondary N) is 1. The average molecular weight is 170 g/mol. The molecule has 0 saturated heterocycles. The predicted molar refractivity (Wildman–Crippen MR) is 53.5 cm³/mol. The van der Waals surface area contributed by atoms with E-state index < -0.39 is 0 Å². The summed E-state index contributed by atoms with van der Waals surface area (Å²) in [5.41, 5.74) is 3.82. The Bertz CT molecular complexity index is 443. The smallest absolute Gasteiger partial charge is 0.0920 e. The number of hydrogen-bond donors (Lipinski definition) is 1. The Morgan fingerprint density at radius 1 is 1.08 bits per heavy atom. The van der Waals surface area contributed by atoms with Crippen LogP contribution in [0.1, 0.15) is 0 Å². The molecule has 0 saturated carbocycles. The summed E-state index contributed by atoms with van der Waals surface area (Å²) in [4.78, 5) is 0. The van der Waals surface area contributed by atoms with E-state index in [0.29, 0.717) is 0 Å². The molecule has 1 aromatic carbocycles. The molecule has 0 radical (unpaired) electrons. The van der Waals surface area contributed by atoms with Crippen LogP contribution in [0.15, 0.2) is 42.6 Å². The molecule has 64 valence electrons. The second kappa shape index (κ2) is 2.39. The molecule has 13 heavy (non-hydrogen) atoms. The van der Waals surface area contributed by atoms with Crippen molar-refractivity contribution in [2.45, 2.75) is 6.67 Å². The topological polar surface area (TPSA) is 17.0 Å². The zero-order chi connectivity index (χ0) is 8.67. The molecule has 1 N–H and O–H groups in total. The second-order valence-electron chi connectivity index (χ2n) is 3.24. The summed E-state index contributed by atoms with van der Waals surface area (Å²) in [5.74, 6) is 0. The molecule has 0 amide bonds. The SMILES string of the molecule is c1ccc2c(c1)NCn1cccc1-2. The summed E-state index contributed by atoms with van der Waals surface area (Å²) >= 11 is 0. The summed E-state index contributed by atoms with van der Waals surface area (Å²) in [6, 6.07) is 12.6. The first-order valence-electron chi connectivity index (χ1n) is 4.43.